The van der Waals surface area contributed by atoms with E-state index in [-0.39, 0.29) is 34.8 Å². The van der Waals surface area contributed by atoms with Gasteiger partial charge in [0.15, 0.2) is 0 Å². The van der Waals surface area contributed by atoms with E-state index in [0.717, 1.165) is 0 Å². The number of amides is 1. The maximum Gasteiger partial charge on any atom is 0.336 e. The van der Waals surface area contributed by atoms with E-state index in [1.165, 1.54) is 0 Å². The molecule has 3 aliphatic heterocycles. The molecule has 3 saturated heterocycles. The van der Waals surface area contributed by atoms with Gasteiger partial charge in [0.2, 0.25) is 5.91 Å². The van der Waals surface area contributed by atoms with Gasteiger partial charge in [-0.25, -0.2) is 9.59 Å². The summed E-state index contributed by atoms with van der Waals surface area (Å²) in [6.07, 6.45) is 0. The van der Waals surface area contributed by atoms with Gasteiger partial charge in [0.25, 0.3) is 0 Å². The predicted molar refractivity (Wildman–Crippen MR) is 109 cm³/mol. The summed E-state index contributed by atoms with van der Waals surface area (Å²) in [6, 6.07) is -0.729. The lowest BCUT2D eigenvalue weighted by atomic mass is 9.82. The van der Waals surface area contributed by atoms with Crippen molar-refractivity contribution in [3.63, 3.8) is 0 Å². The van der Waals surface area contributed by atoms with Crippen LogP contribution in [0, 0.1) is 0 Å². The smallest absolute Gasteiger partial charge is 0.336 e. The molecule has 9 nitrogen and oxygen atoms in total. The van der Waals surface area contributed by atoms with Gasteiger partial charge >= 0.3 is 11.9 Å². The number of hydrogen-bond donors (Lipinski definition) is 3. The largest absolute Gasteiger partial charge is 0.478 e. The Morgan fingerprint density at radius 2 is 1.03 bits per heavy atom. The topological polar surface area (TPSA) is 127 Å². The van der Waals surface area contributed by atoms with E-state index in [1.807, 2.05) is 25.7 Å². The molecule has 0 bridgehead atoms. The molecule has 0 spiro atoms. The molecule has 30 heavy (non-hydrogen) atoms. The van der Waals surface area contributed by atoms with Gasteiger partial charge in [-0.1, -0.05) is 20.8 Å². The van der Waals surface area contributed by atoms with Gasteiger partial charge in [-0.3, -0.25) is 19.5 Å². The quantitative estimate of drug-likeness (QED) is 0.514. The van der Waals surface area contributed by atoms with Crippen molar-refractivity contribution in [3.05, 3.63) is 33.4 Å². The fourth-order valence-corrected chi connectivity index (χ4v) is 4.93. The molecule has 6 unspecified atom stereocenters. The van der Waals surface area contributed by atoms with Gasteiger partial charge < -0.3 is 15.9 Å². The molecular formula is C21H28N4O5. The summed E-state index contributed by atoms with van der Waals surface area (Å²) in [7, 11) is 0. The van der Waals surface area contributed by atoms with Crippen LogP contribution in [0.5, 0.6) is 0 Å². The molecular weight excluding hydrogens is 388 g/mol. The second-order valence-corrected chi connectivity index (χ2v) is 8.15. The second kappa shape index (κ2) is 7.33. The summed E-state index contributed by atoms with van der Waals surface area (Å²) >= 11 is 0. The third-order valence-corrected chi connectivity index (χ3v) is 6.65. The fourth-order valence-electron chi connectivity index (χ4n) is 4.93. The first-order chi connectivity index (χ1) is 14.3. The van der Waals surface area contributed by atoms with Crippen LogP contribution in [0.1, 0.15) is 86.7 Å². The molecule has 3 heterocycles. The average Bonchev–Trinajstić information content (AvgIpc) is 3.59. The Morgan fingerprint density at radius 1 is 0.733 bits per heavy atom. The monoisotopic (exact) mass is 416 g/mol. The fraction of sp³-hybridized carbons (Fsp3) is 0.571. The summed E-state index contributed by atoms with van der Waals surface area (Å²) in [5, 5.41) is 20.4. The molecule has 9 heteroatoms. The molecule has 162 valence electrons. The highest BCUT2D eigenvalue weighted by Gasteiger charge is 2.50. The number of nitrogens with zero attached hydrogens (tertiary/aromatic N) is 3. The molecule has 1 aromatic rings. The summed E-state index contributed by atoms with van der Waals surface area (Å²) in [6.45, 7) is 9.88. The van der Waals surface area contributed by atoms with Crippen LogP contribution >= 0.6 is 0 Å². The molecule has 4 rings (SSSR count). The van der Waals surface area contributed by atoms with Crippen LogP contribution in [-0.4, -0.2) is 82.0 Å². The minimum atomic E-state index is -1.20. The zero-order chi connectivity index (χ0) is 21.9. The number of hydrogen-bond acceptors (Lipinski definition) is 6. The van der Waals surface area contributed by atoms with Crippen LogP contribution in [0.25, 0.3) is 0 Å². The number of carbonyl (C=O) groups is 3. The SMILES string of the molecule is CCN1CC1c1c(C(N)=O)c(C2CN2CC)c(C(=O)O)c(C2CN2CC)c1C(=O)O. The van der Waals surface area contributed by atoms with Gasteiger partial charge in [-0.2, -0.15) is 0 Å². The van der Waals surface area contributed by atoms with E-state index >= 15 is 0 Å². The summed E-state index contributed by atoms with van der Waals surface area (Å²) in [4.78, 5) is 43.7. The number of carboxylic acids is 2. The van der Waals surface area contributed by atoms with Crippen LogP contribution in [-0.2, 0) is 0 Å². The number of carbonyl (C=O) groups excluding carboxylic acids is 1. The number of primary amides is 1. The summed E-state index contributed by atoms with van der Waals surface area (Å²) < 4.78 is 0. The Balaban J connectivity index is 2.08. The van der Waals surface area contributed by atoms with Crippen LogP contribution in [0.3, 0.4) is 0 Å². The van der Waals surface area contributed by atoms with Crippen molar-refractivity contribution in [1.82, 2.24) is 14.7 Å². The van der Waals surface area contributed by atoms with Gasteiger partial charge in [-0.05, 0) is 30.8 Å². The highest BCUT2D eigenvalue weighted by molar-refractivity contribution is 6.07. The van der Waals surface area contributed by atoms with E-state index in [9.17, 15) is 24.6 Å². The maximum absolute atomic E-state index is 12.7. The van der Waals surface area contributed by atoms with Crippen LogP contribution in [0.4, 0.5) is 0 Å². The van der Waals surface area contributed by atoms with E-state index in [0.29, 0.717) is 56.0 Å². The van der Waals surface area contributed by atoms with Crippen molar-refractivity contribution in [2.24, 2.45) is 5.73 Å². The molecule has 4 N–H and O–H groups in total. The molecule has 0 saturated carbocycles. The maximum atomic E-state index is 12.7. The minimum Gasteiger partial charge on any atom is -0.478 e. The highest BCUT2D eigenvalue weighted by atomic mass is 16.4. The molecule has 6 atom stereocenters. The molecule has 3 fully saturated rings. The van der Waals surface area contributed by atoms with Crippen molar-refractivity contribution in [1.29, 1.82) is 0 Å². The number of aromatic carboxylic acids is 2. The van der Waals surface area contributed by atoms with E-state index in [4.69, 9.17) is 5.73 Å². The van der Waals surface area contributed by atoms with Crippen molar-refractivity contribution in [2.75, 3.05) is 39.3 Å². The lowest BCUT2D eigenvalue weighted by molar-refractivity contribution is 0.0692. The van der Waals surface area contributed by atoms with Gasteiger partial charge in [0.05, 0.1) is 16.7 Å². The molecule has 0 radical (unpaired) electrons. The Kier molecular flexibility index (Phi) is 5.08. The zero-order valence-corrected chi connectivity index (χ0v) is 17.5. The number of likely N-dealkylation sites (N-methyl/N-ethyl adjacent to an activating group) is 3. The van der Waals surface area contributed by atoms with Gasteiger partial charge in [0, 0.05) is 43.3 Å². The predicted octanol–water partition coefficient (Wildman–Crippen LogP) is 1.31. The van der Waals surface area contributed by atoms with Gasteiger partial charge in [-0.15, -0.1) is 0 Å². The molecule has 0 aliphatic carbocycles. The Hall–Kier alpha value is -2.49. The summed E-state index contributed by atoms with van der Waals surface area (Å²) in [5.74, 6) is -3.16. The van der Waals surface area contributed by atoms with Crippen molar-refractivity contribution >= 4 is 17.8 Å². The number of carboxylic acid groups (broad SMARTS) is 2. The lowest BCUT2D eigenvalue weighted by Crippen LogP contribution is -2.26. The minimum absolute atomic E-state index is 0.0458. The first kappa shape index (κ1) is 20.8. The Morgan fingerprint density at radius 3 is 1.23 bits per heavy atom. The Bertz CT molecular complexity index is 806. The number of rotatable bonds is 9. The van der Waals surface area contributed by atoms with Crippen molar-refractivity contribution in [3.8, 4) is 0 Å². The first-order valence-corrected chi connectivity index (χ1v) is 10.5. The van der Waals surface area contributed by atoms with Crippen LogP contribution in [0.2, 0.25) is 0 Å². The summed E-state index contributed by atoms with van der Waals surface area (Å²) in [5.41, 5.74) is 6.92. The molecule has 1 aromatic carbocycles. The standard InChI is InChI=1S/C21H28N4O5/c1-4-23-7-10(23)13-16(19(22)26)14(11-8-24(11)5-2)18(21(29)30)15(17(13)20(27)28)12-9-25(12)6-3/h10-12H,4-9H2,1-3H3,(H2,22,26)(H,27,28)(H,29,30). The number of nitrogens with two attached hydrogens (primary N) is 1. The Labute approximate surface area is 175 Å². The molecule has 3 aliphatic rings. The second-order valence-electron chi connectivity index (χ2n) is 8.15. The highest BCUT2D eigenvalue weighted by Crippen LogP contribution is 2.51. The van der Waals surface area contributed by atoms with Crippen molar-refractivity contribution < 1.29 is 24.6 Å². The zero-order valence-electron chi connectivity index (χ0n) is 17.5. The molecule has 0 aromatic heterocycles. The first-order valence-electron chi connectivity index (χ1n) is 10.5. The molecule has 1 amide bonds. The van der Waals surface area contributed by atoms with E-state index in [2.05, 4.69) is 9.80 Å². The third-order valence-electron chi connectivity index (χ3n) is 6.65. The third kappa shape index (κ3) is 3.17. The lowest BCUT2D eigenvalue weighted by Gasteiger charge is -2.23. The van der Waals surface area contributed by atoms with Crippen LogP contribution in [0.15, 0.2) is 0 Å². The number of benzene rings is 1. The van der Waals surface area contributed by atoms with Crippen molar-refractivity contribution in [2.45, 2.75) is 38.9 Å². The van der Waals surface area contributed by atoms with Gasteiger partial charge in [0.1, 0.15) is 0 Å². The van der Waals surface area contributed by atoms with E-state index in [1.54, 1.807) is 0 Å². The normalized spacial score (nSPS) is 31.3. The average molecular weight is 416 g/mol. The van der Waals surface area contributed by atoms with Crippen LogP contribution < -0.4 is 5.73 Å². The van der Waals surface area contributed by atoms with E-state index < -0.39 is 17.8 Å².